The Morgan fingerprint density at radius 2 is 1.83 bits per heavy atom. The summed E-state index contributed by atoms with van der Waals surface area (Å²) in [5.74, 6) is -1.63. The Morgan fingerprint density at radius 3 is 2.55 bits per heavy atom. The molecule has 0 N–H and O–H groups in total. The molecule has 2 atom stereocenters. The molecule has 0 radical (unpaired) electrons. The van der Waals surface area contributed by atoms with Gasteiger partial charge >= 0.3 is 5.97 Å². The predicted molar refractivity (Wildman–Crippen MR) is 153 cm³/mol. The number of anilines is 1. The first-order chi connectivity index (χ1) is 20.2. The average Bonchev–Trinajstić information content (AvgIpc) is 3.58. The van der Waals surface area contributed by atoms with E-state index in [2.05, 4.69) is 15.0 Å². The van der Waals surface area contributed by atoms with Crippen LogP contribution < -0.4 is 9.64 Å². The largest absolute Gasteiger partial charge is 0.493 e. The first-order valence-electron chi connectivity index (χ1n) is 14.1. The van der Waals surface area contributed by atoms with E-state index < -0.39 is 11.8 Å². The van der Waals surface area contributed by atoms with E-state index >= 15 is 0 Å². The molecular weight excluding hydrogens is 542 g/mol. The van der Waals surface area contributed by atoms with Crippen molar-refractivity contribution in [2.24, 2.45) is 11.8 Å². The molecule has 220 valence electrons. The van der Waals surface area contributed by atoms with E-state index in [1.807, 2.05) is 61.5 Å². The van der Waals surface area contributed by atoms with Gasteiger partial charge in [-0.05, 0) is 62.1 Å². The molecule has 2 aromatic heterocycles. The molecule has 10 heteroatoms. The summed E-state index contributed by atoms with van der Waals surface area (Å²) in [4.78, 5) is 27.5. The third kappa shape index (κ3) is 6.92. The highest BCUT2D eigenvalue weighted by Crippen LogP contribution is 2.32. The highest BCUT2D eigenvalue weighted by atomic mass is 19.3. The number of ether oxygens (including phenoxy) is 2. The fourth-order valence-corrected chi connectivity index (χ4v) is 5.16. The first-order valence-corrected chi connectivity index (χ1v) is 14.1. The quantitative estimate of drug-likeness (QED) is 0.200. The van der Waals surface area contributed by atoms with Crippen LogP contribution in [0.25, 0.3) is 11.5 Å². The molecule has 0 amide bonds. The zero-order valence-electron chi connectivity index (χ0n) is 23.9. The number of nitrogens with zero attached hydrogens (tertiary/aromatic N) is 4. The zero-order valence-corrected chi connectivity index (χ0v) is 23.9. The number of rotatable bonds is 11. The molecule has 3 heterocycles. The summed E-state index contributed by atoms with van der Waals surface area (Å²) in [6, 6.07) is 18.7. The molecule has 0 aliphatic carbocycles. The summed E-state index contributed by atoms with van der Waals surface area (Å²) in [5.41, 5.74) is 2.47. The van der Waals surface area contributed by atoms with Crippen LogP contribution in [0, 0.1) is 18.8 Å². The molecule has 1 fully saturated rings. The van der Waals surface area contributed by atoms with Crippen LogP contribution >= 0.6 is 0 Å². The SMILES string of the molecule is CCOC(=O)[C@H]1CN(c2nccc(C(C)(F)F)n2)C[C@H]1Cc1ccc(OCCc2nc(-c3ccccc3)oc2C)cc1. The summed E-state index contributed by atoms with van der Waals surface area (Å²) < 4.78 is 44.9. The van der Waals surface area contributed by atoms with Gasteiger partial charge in [0, 0.05) is 38.2 Å². The number of hydrogen-bond donors (Lipinski definition) is 0. The smallest absolute Gasteiger partial charge is 0.311 e. The molecule has 1 saturated heterocycles. The lowest BCUT2D eigenvalue weighted by molar-refractivity contribution is -0.148. The Labute approximate surface area is 243 Å². The van der Waals surface area contributed by atoms with Gasteiger partial charge in [0.05, 0.1) is 24.8 Å². The number of alkyl halides is 2. The van der Waals surface area contributed by atoms with E-state index in [1.165, 1.54) is 12.3 Å². The molecule has 8 nitrogen and oxygen atoms in total. The lowest BCUT2D eigenvalue weighted by Gasteiger charge is -2.18. The second-order valence-electron chi connectivity index (χ2n) is 10.5. The number of hydrogen-bond acceptors (Lipinski definition) is 8. The maximum atomic E-state index is 13.9. The van der Waals surface area contributed by atoms with Crippen molar-refractivity contribution >= 4 is 11.9 Å². The van der Waals surface area contributed by atoms with Gasteiger partial charge in [0.1, 0.15) is 17.2 Å². The van der Waals surface area contributed by atoms with Crippen LogP contribution in [0.1, 0.15) is 36.6 Å². The van der Waals surface area contributed by atoms with Crippen molar-refractivity contribution in [3.05, 3.63) is 89.6 Å². The number of benzene rings is 2. The number of carbonyl (C=O) groups excluding carboxylic acids is 1. The molecule has 1 aliphatic heterocycles. The topological polar surface area (TPSA) is 90.6 Å². The first kappa shape index (κ1) is 29.2. The van der Waals surface area contributed by atoms with Gasteiger partial charge in [-0.25, -0.2) is 15.0 Å². The third-order valence-electron chi connectivity index (χ3n) is 7.35. The Bertz CT molecular complexity index is 1490. The van der Waals surface area contributed by atoms with Crippen LogP contribution in [-0.2, 0) is 28.3 Å². The molecule has 2 aromatic carbocycles. The molecule has 1 aliphatic rings. The van der Waals surface area contributed by atoms with E-state index in [9.17, 15) is 13.6 Å². The number of aryl methyl sites for hydroxylation is 1. The zero-order chi connectivity index (χ0) is 29.7. The number of esters is 1. The number of carbonyl (C=O) groups is 1. The number of halogens is 2. The number of aromatic nitrogens is 3. The van der Waals surface area contributed by atoms with Crippen LogP contribution in [-0.4, -0.2) is 47.2 Å². The molecule has 0 spiro atoms. The predicted octanol–water partition coefficient (Wildman–Crippen LogP) is 6.03. The monoisotopic (exact) mass is 576 g/mol. The third-order valence-corrected chi connectivity index (χ3v) is 7.35. The van der Waals surface area contributed by atoms with E-state index in [4.69, 9.17) is 13.9 Å². The summed E-state index contributed by atoms with van der Waals surface area (Å²) in [7, 11) is 0. The van der Waals surface area contributed by atoms with Crippen LogP contribution in [0.4, 0.5) is 14.7 Å². The molecule has 5 rings (SSSR count). The maximum Gasteiger partial charge on any atom is 0.311 e. The van der Waals surface area contributed by atoms with Crippen molar-refractivity contribution in [2.45, 2.75) is 39.5 Å². The van der Waals surface area contributed by atoms with Gasteiger partial charge in [0.2, 0.25) is 11.8 Å². The minimum absolute atomic E-state index is 0.0980. The van der Waals surface area contributed by atoms with Crippen molar-refractivity contribution in [2.75, 3.05) is 31.2 Å². The number of oxazole rings is 1. The van der Waals surface area contributed by atoms with Crippen LogP contribution in [0.15, 0.2) is 71.3 Å². The minimum atomic E-state index is -3.08. The molecular formula is C32H34F2N4O4. The van der Waals surface area contributed by atoms with Gasteiger partial charge in [-0.3, -0.25) is 4.79 Å². The molecule has 0 unspecified atom stereocenters. The van der Waals surface area contributed by atoms with Crippen molar-refractivity contribution in [1.82, 2.24) is 15.0 Å². The standard InChI is InChI=1S/C32H34F2N4O4/c1-4-40-30(39)26-20-38(31-35-16-14-28(37-31)32(3,33)34)19-24(26)18-22-10-12-25(13-11-22)41-17-15-27-21(2)42-29(36-27)23-8-6-5-7-9-23/h5-14,16,24,26H,4,15,17-20H2,1-3H3/t24-,26+/m1/s1. The normalized spacial score (nSPS) is 16.9. The van der Waals surface area contributed by atoms with E-state index in [1.54, 1.807) is 11.8 Å². The Morgan fingerprint density at radius 1 is 1.07 bits per heavy atom. The summed E-state index contributed by atoms with van der Waals surface area (Å²) in [6.07, 6.45) is 2.53. The average molecular weight is 577 g/mol. The van der Waals surface area contributed by atoms with Gasteiger partial charge in [0.25, 0.3) is 5.92 Å². The van der Waals surface area contributed by atoms with E-state index in [-0.39, 0.29) is 30.1 Å². The maximum absolute atomic E-state index is 13.9. The minimum Gasteiger partial charge on any atom is -0.493 e. The Balaban J connectivity index is 1.20. The van der Waals surface area contributed by atoms with Crippen LogP contribution in [0.2, 0.25) is 0 Å². The van der Waals surface area contributed by atoms with E-state index in [0.717, 1.165) is 35.3 Å². The van der Waals surface area contributed by atoms with Gasteiger partial charge in [-0.15, -0.1) is 0 Å². The Kier molecular flexibility index (Phi) is 8.80. The van der Waals surface area contributed by atoms with E-state index in [0.29, 0.717) is 38.4 Å². The van der Waals surface area contributed by atoms with Crippen molar-refractivity contribution in [3.8, 4) is 17.2 Å². The van der Waals surface area contributed by atoms with Gasteiger partial charge in [-0.1, -0.05) is 30.3 Å². The lowest BCUT2D eigenvalue weighted by atomic mass is 9.90. The Hall–Kier alpha value is -4.34. The molecule has 4 aromatic rings. The molecule has 42 heavy (non-hydrogen) atoms. The fourth-order valence-electron chi connectivity index (χ4n) is 5.16. The summed E-state index contributed by atoms with van der Waals surface area (Å²) >= 11 is 0. The van der Waals surface area contributed by atoms with Crippen molar-refractivity contribution in [3.63, 3.8) is 0 Å². The summed E-state index contributed by atoms with van der Waals surface area (Å²) in [5, 5.41) is 0. The highest BCUT2D eigenvalue weighted by molar-refractivity contribution is 5.74. The van der Waals surface area contributed by atoms with Gasteiger partial charge in [0.15, 0.2) is 0 Å². The molecule has 0 bridgehead atoms. The van der Waals surface area contributed by atoms with Crippen LogP contribution in [0.5, 0.6) is 5.75 Å². The second-order valence-corrected chi connectivity index (χ2v) is 10.5. The van der Waals surface area contributed by atoms with Gasteiger partial charge in [-0.2, -0.15) is 8.78 Å². The van der Waals surface area contributed by atoms with Gasteiger partial charge < -0.3 is 18.8 Å². The fraction of sp³-hybridized carbons (Fsp3) is 0.375. The second kappa shape index (κ2) is 12.7. The highest BCUT2D eigenvalue weighted by Gasteiger charge is 2.40. The van der Waals surface area contributed by atoms with Crippen molar-refractivity contribution < 1.29 is 27.5 Å². The lowest BCUT2D eigenvalue weighted by Crippen LogP contribution is -2.27. The molecule has 0 saturated carbocycles. The van der Waals surface area contributed by atoms with Crippen LogP contribution in [0.3, 0.4) is 0 Å². The summed E-state index contributed by atoms with van der Waals surface area (Å²) in [6.45, 7) is 5.93. The van der Waals surface area contributed by atoms with Crippen molar-refractivity contribution in [1.29, 1.82) is 0 Å².